The lowest BCUT2D eigenvalue weighted by Crippen LogP contribution is -2.31. The molecule has 0 aliphatic heterocycles. The third kappa shape index (κ3) is 4.53. The zero-order valence-corrected chi connectivity index (χ0v) is 19.3. The van der Waals surface area contributed by atoms with E-state index in [1.54, 1.807) is 24.3 Å². The summed E-state index contributed by atoms with van der Waals surface area (Å²) in [5, 5.41) is 15.5. The Morgan fingerprint density at radius 1 is 1.03 bits per heavy atom. The third-order valence-electron chi connectivity index (χ3n) is 5.47. The van der Waals surface area contributed by atoms with Crippen molar-refractivity contribution in [3.63, 3.8) is 0 Å². The summed E-state index contributed by atoms with van der Waals surface area (Å²) < 4.78 is 0. The summed E-state index contributed by atoms with van der Waals surface area (Å²) in [4.78, 5) is 25.4. The molecule has 1 N–H and O–H groups in total. The van der Waals surface area contributed by atoms with Crippen LogP contribution in [0.2, 0.25) is 0 Å². The van der Waals surface area contributed by atoms with E-state index in [4.69, 9.17) is 4.84 Å². The summed E-state index contributed by atoms with van der Waals surface area (Å²) in [5.41, 5.74) is 3.92. The second-order valence-corrected chi connectivity index (χ2v) is 7.88. The first-order valence-corrected chi connectivity index (χ1v) is 10.8. The second kappa shape index (κ2) is 10.0. The van der Waals surface area contributed by atoms with Crippen LogP contribution < -0.4 is 15.3 Å². The van der Waals surface area contributed by atoms with Gasteiger partial charge in [-0.05, 0) is 35.9 Å². The van der Waals surface area contributed by atoms with Crippen molar-refractivity contribution in [1.82, 2.24) is 4.98 Å². The molecule has 1 heterocycles. The number of aromatic nitrogens is 1. The van der Waals surface area contributed by atoms with Crippen molar-refractivity contribution in [2.45, 2.75) is 6.54 Å². The van der Waals surface area contributed by atoms with E-state index in [1.807, 2.05) is 73.6 Å². The van der Waals surface area contributed by atoms with Gasteiger partial charge >= 0.3 is 0 Å². The van der Waals surface area contributed by atoms with Gasteiger partial charge in [-0.15, -0.1) is 0 Å². The number of rotatable bonds is 7. The topological polar surface area (TPSA) is 81.5 Å². The van der Waals surface area contributed by atoms with Crippen molar-refractivity contribution < 1.29 is 9.63 Å². The molecule has 0 saturated carbocycles. The zero-order valence-electron chi connectivity index (χ0n) is 19.3. The van der Waals surface area contributed by atoms with E-state index in [0.29, 0.717) is 23.3 Å². The molecule has 170 valence electrons. The van der Waals surface area contributed by atoms with E-state index in [-0.39, 0.29) is 11.4 Å². The molecule has 4 rings (SSSR count). The maximum Gasteiger partial charge on any atom is 0.283 e. The number of amides is 1. The van der Waals surface area contributed by atoms with Crippen molar-refractivity contribution in [2.24, 2.45) is 0 Å². The lowest BCUT2D eigenvalue weighted by Gasteiger charge is -2.23. The van der Waals surface area contributed by atoms with Gasteiger partial charge in [-0.3, -0.25) is 9.63 Å². The number of hydroxylamine groups is 1. The molecule has 7 heteroatoms. The molecule has 0 spiro atoms. The number of nitrogens with one attached hydrogen (secondary N) is 1. The third-order valence-corrected chi connectivity index (χ3v) is 5.47. The first kappa shape index (κ1) is 22.8. The van der Waals surface area contributed by atoms with Crippen LogP contribution in [0.3, 0.4) is 0 Å². The number of carbonyl (C=O) groups is 1. The van der Waals surface area contributed by atoms with E-state index in [0.717, 1.165) is 21.7 Å². The standard InChI is InChI=1S/C27H25N5O2/c1-31(2)21-14-15-24-22(16-21)25(29-18-19-10-6-4-7-11-19)23(17-28)26(30-24)32(34-3)27(33)20-12-8-5-9-13-20/h4-16H,18H2,1-3H3,(H,29,30). The van der Waals surface area contributed by atoms with Crippen LogP contribution in [0.1, 0.15) is 21.5 Å². The normalized spacial score (nSPS) is 10.5. The van der Waals surface area contributed by atoms with Crippen molar-refractivity contribution in [3.8, 4) is 6.07 Å². The maximum atomic E-state index is 13.2. The van der Waals surface area contributed by atoms with Gasteiger partial charge in [-0.25, -0.2) is 4.98 Å². The molecular weight excluding hydrogens is 426 g/mol. The van der Waals surface area contributed by atoms with Gasteiger partial charge in [-0.2, -0.15) is 10.3 Å². The molecule has 0 aliphatic carbocycles. The van der Waals surface area contributed by atoms with E-state index in [2.05, 4.69) is 16.4 Å². The van der Waals surface area contributed by atoms with Crippen LogP contribution in [0.5, 0.6) is 0 Å². The molecule has 7 nitrogen and oxygen atoms in total. The summed E-state index contributed by atoms with van der Waals surface area (Å²) in [6.07, 6.45) is 0. The van der Waals surface area contributed by atoms with E-state index >= 15 is 0 Å². The van der Waals surface area contributed by atoms with Crippen molar-refractivity contribution in [1.29, 1.82) is 5.26 Å². The predicted octanol–water partition coefficient (Wildman–Crippen LogP) is 4.99. The molecule has 0 atom stereocenters. The van der Waals surface area contributed by atoms with Crippen LogP contribution in [-0.2, 0) is 11.4 Å². The van der Waals surface area contributed by atoms with Crippen LogP contribution >= 0.6 is 0 Å². The molecule has 0 radical (unpaired) electrons. The number of fused-ring (bicyclic) bond motifs is 1. The van der Waals surface area contributed by atoms with E-state index < -0.39 is 5.91 Å². The molecule has 34 heavy (non-hydrogen) atoms. The SMILES string of the molecule is CON(C(=O)c1ccccc1)c1nc2ccc(N(C)C)cc2c(NCc2ccccc2)c1C#N. The number of nitrogens with zero attached hydrogens (tertiary/aromatic N) is 4. The Hall–Kier alpha value is -4.41. The number of nitriles is 1. The second-order valence-electron chi connectivity index (χ2n) is 7.88. The largest absolute Gasteiger partial charge is 0.379 e. The number of anilines is 3. The molecule has 0 fully saturated rings. The van der Waals surface area contributed by atoms with Crippen molar-refractivity contribution >= 4 is 34.0 Å². The minimum Gasteiger partial charge on any atom is -0.379 e. The molecule has 1 aromatic heterocycles. The fraction of sp³-hybridized carbons (Fsp3) is 0.148. The summed E-state index contributed by atoms with van der Waals surface area (Å²) in [6, 6.07) is 26.7. The zero-order chi connectivity index (χ0) is 24.1. The quantitative estimate of drug-likeness (QED) is 0.399. The molecule has 3 aromatic carbocycles. The Balaban J connectivity index is 1.89. The minimum absolute atomic E-state index is 0.138. The minimum atomic E-state index is -0.412. The van der Waals surface area contributed by atoms with Crippen LogP contribution in [0.15, 0.2) is 78.9 Å². The lowest BCUT2D eigenvalue weighted by atomic mass is 10.1. The van der Waals surface area contributed by atoms with Crippen LogP contribution in [0, 0.1) is 11.3 Å². The van der Waals surface area contributed by atoms with Crippen molar-refractivity contribution in [2.75, 3.05) is 36.5 Å². The number of hydrogen-bond acceptors (Lipinski definition) is 6. The van der Waals surface area contributed by atoms with Gasteiger partial charge in [0.05, 0.1) is 18.3 Å². The summed E-state index contributed by atoms with van der Waals surface area (Å²) in [5.74, 6) is -0.273. The first-order chi connectivity index (χ1) is 16.5. The van der Waals surface area contributed by atoms with E-state index in [9.17, 15) is 10.1 Å². The Bertz CT molecular complexity index is 1350. The van der Waals surface area contributed by atoms with Gasteiger partial charge in [-0.1, -0.05) is 48.5 Å². The molecular formula is C27H25N5O2. The number of hydrogen-bond donors (Lipinski definition) is 1. The summed E-state index contributed by atoms with van der Waals surface area (Å²) >= 11 is 0. The fourth-order valence-electron chi connectivity index (χ4n) is 3.70. The van der Waals surface area contributed by atoms with Crippen LogP contribution in [0.4, 0.5) is 17.2 Å². The Kier molecular flexibility index (Phi) is 6.72. The Labute approximate surface area is 198 Å². The highest BCUT2D eigenvalue weighted by molar-refractivity contribution is 6.07. The monoisotopic (exact) mass is 451 g/mol. The summed E-state index contributed by atoms with van der Waals surface area (Å²) in [7, 11) is 5.30. The highest BCUT2D eigenvalue weighted by Gasteiger charge is 2.26. The predicted molar refractivity (Wildman–Crippen MR) is 135 cm³/mol. The van der Waals surface area contributed by atoms with Gasteiger partial charge in [0, 0.05) is 37.3 Å². The molecule has 1 amide bonds. The van der Waals surface area contributed by atoms with E-state index in [1.165, 1.54) is 7.11 Å². The van der Waals surface area contributed by atoms with Crippen LogP contribution in [0.25, 0.3) is 10.9 Å². The lowest BCUT2D eigenvalue weighted by molar-refractivity contribution is 0.0769. The maximum absolute atomic E-state index is 13.2. The molecule has 4 aromatic rings. The Morgan fingerprint density at radius 2 is 1.71 bits per heavy atom. The van der Waals surface area contributed by atoms with Gasteiger partial charge in [0.2, 0.25) is 0 Å². The van der Waals surface area contributed by atoms with Crippen molar-refractivity contribution in [3.05, 3.63) is 95.6 Å². The Morgan fingerprint density at radius 3 is 2.32 bits per heavy atom. The number of carbonyl (C=O) groups excluding carboxylic acids is 1. The van der Waals surface area contributed by atoms with Gasteiger partial charge in [0.25, 0.3) is 5.91 Å². The highest BCUT2D eigenvalue weighted by atomic mass is 16.7. The molecule has 0 saturated heterocycles. The number of benzene rings is 3. The molecule has 0 unspecified atom stereocenters. The smallest absolute Gasteiger partial charge is 0.283 e. The molecule has 0 aliphatic rings. The highest BCUT2D eigenvalue weighted by Crippen LogP contribution is 2.35. The average Bonchev–Trinajstić information content (AvgIpc) is 2.88. The first-order valence-electron chi connectivity index (χ1n) is 10.8. The van der Waals surface area contributed by atoms with Gasteiger partial charge in [0.1, 0.15) is 11.6 Å². The average molecular weight is 452 g/mol. The molecule has 0 bridgehead atoms. The summed E-state index contributed by atoms with van der Waals surface area (Å²) in [6.45, 7) is 0.500. The van der Waals surface area contributed by atoms with Crippen LogP contribution in [-0.4, -0.2) is 32.1 Å². The van der Waals surface area contributed by atoms with Gasteiger partial charge in [0.15, 0.2) is 5.82 Å². The fourth-order valence-corrected chi connectivity index (χ4v) is 3.70. The number of pyridine rings is 1. The van der Waals surface area contributed by atoms with Gasteiger partial charge < -0.3 is 10.2 Å².